The molecule has 2 atom stereocenters. The molecule has 0 N–H and O–H groups in total. The molecule has 0 amide bonds. The Morgan fingerprint density at radius 2 is 2.00 bits per heavy atom. The number of rotatable bonds is 2. The van der Waals surface area contributed by atoms with Crippen LogP contribution in [0.5, 0.6) is 0 Å². The van der Waals surface area contributed by atoms with Gasteiger partial charge in [-0.25, -0.2) is 0 Å². The van der Waals surface area contributed by atoms with Gasteiger partial charge in [0, 0.05) is 5.92 Å². The monoisotopic (exact) mass is 160 g/mol. The van der Waals surface area contributed by atoms with Crippen molar-refractivity contribution in [1.29, 1.82) is 0 Å². The van der Waals surface area contributed by atoms with Crippen LogP contribution < -0.4 is 0 Å². The number of aldehydes is 1. The highest BCUT2D eigenvalue weighted by Crippen LogP contribution is 2.45. The van der Waals surface area contributed by atoms with Crippen LogP contribution in [0.4, 0.5) is 0 Å². The second-order valence-corrected chi connectivity index (χ2v) is 3.55. The first kappa shape index (κ1) is 7.53. The quantitative estimate of drug-likeness (QED) is 0.607. The molecule has 1 aromatic carbocycles. The fourth-order valence-corrected chi connectivity index (χ4v) is 1.56. The Labute approximate surface area is 72.4 Å². The maximum atomic E-state index is 10.4. The standard InChI is InChI=1S/C11H12O/c1-8-2-4-9(5-3-8)11-6-10(11)7-12/h2-5,7,10-11H,6H2,1H3/t10-,11+/m1/s1. The molecule has 12 heavy (non-hydrogen) atoms. The fourth-order valence-electron chi connectivity index (χ4n) is 1.56. The van der Waals surface area contributed by atoms with Gasteiger partial charge in [-0.05, 0) is 24.8 Å². The average Bonchev–Trinajstić information content (AvgIpc) is 2.85. The molecule has 0 unspecified atom stereocenters. The highest BCUT2D eigenvalue weighted by molar-refractivity contribution is 5.61. The van der Waals surface area contributed by atoms with Crippen molar-refractivity contribution in [3.63, 3.8) is 0 Å². The van der Waals surface area contributed by atoms with Crippen molar-refractivity contribution < 1.29 is 4.79 Å². The molecule has 1 aliphatic rings. The summed E-state index contributed by atoms with van der Waals surface area (Å²) in [4.78, 5) is 10.4. The van der Waals surface area contributed by atoms with Crippen molar-refractivity contribution in [2.45, 2.75) is 19.3 Å². The predicted molar refractivity (Wildman–Crippen MR) is 48.1 cm³/mol. The Hall–Kier alpha value is -1.11. The third-order valence-electron chi connectivity index (χ3n) is 2.52. The van der Waals surface area contributed by atoms with E-state index in [0.717, 1.165) is 12.7 Å². The zero-order valence-electron chi connectivity index (χ0n) is 7.16. The lowest BCUT2D eigenvalue weighted by atomic mass is 10.1. The average molecular weight is 160 g/mol. The fraction of sp³-hybridized carbons (Fsp3) is 0.364. The second kappa shape index (κ2) is 2.74. The lowest BCUT2D eigenvalue weighted by Crippen LogP contribution is -1.84. The van der Waals surface area contributed by atoms with Gasteiger partial charge >= 0.3 is 0 Å². The summed E-state index contributed by atoms with van der Waals surface area (Å²) in [5.74, 6) is 0.816. The number of carbonyl (C=O) groups excluding carboxylic acids is 1. The molecule has 0 heterocycles. The number of carbonyl (C=O) groups is 1. The summed E-state index contributed by atoms with van der Waals surface area (Å²) < 4.78 is 0. The van der Waals surface area contributed by atoms with Gasteiger partial charge in [-0.15, -0.1) is 0 Å². The van der Waals surface area contributed by atoms with Crippen LogP contribution in [-0.4, -0.2) is 6.29 Å². The molecule has 1 aliphatic carbocycles. The largest absolute Gasteiger partial charge is 0.303 e. The highest BCUT2D eigenvalue weighted by atomic mass is 16.1. The van der Waals surface area contributed by atoms with E-state index in [2.05, 4.69) is 31.2 Å². The summed E-state index contributed by atoms with van der Waals surface area (Å²) in [6.45, 7) is 2.08. The molecule has 2 rings (SSSR count). The van der Waals surface area contributed by atoms with E-state index in [4.69, 9.17) is 0 Å². The van der Waals surface area contributed by atoms with Gasteiger partial charge in [0.15, 0.2) is 0 Å². The molecule has 1 heteroatoms. The van der Waals surface area contributed by atoms with Gasteiger partial charge in [0.1, 0.15) is 6.29 Å². The molecule has 0 aliphatic heterocycles. The van der Waals surface area contributed by atoms with Crippen molar-refractivity contribution >= 4 is 6.29 Å². The molecule has 0 aromatic heterocycles. The van der Waals surface area contributed by atoms with Crippen molar-refractivity contribution in [3.8, 4) is 0 Å². The summed E-state index contributed by atoms with van der Waals surface area (Å²) >= 11 is 0. The predicted octanol–water partition coefficient (Wildman–Crippen LogP) is 2.30. The van der Waals surface area contributed by atoms with Gasteiger partial charge in [-0.1, -0.05) is 29.8 Å². The van der Waals surface area contributed by atoms with Gasteiger partial charge in [0.2, 0.25) is 0 Å². The maximum absolute atomic E-state index is 10.4. The Bertz CT molecular complexity index is 286. The van der Waals surface area contributed by atoms with E-state index < -0.39 is 0 Å². The molecule has 1 nitrogen and oxygen atoms in total. The van der Waals surface area contributed by atoms with E-state index in [0.29, 0.717) is 11.8 Å². The first-order chi connectivity index (χ1) is 5.81. The van der Waals surface area contributed by atoms with Crippen LogP contribution >= 0.6 is 0 Å². The van der Waals surface area contributed by atoms with Crippen molar-refractivity contribution in [3.05, 3.63) is 35.4 Å². The minimum absolute atomic E-state index is 0.299. The van der Waals surface area contributed by atoms with Crippen LogP contribution in [0.3, 0.4) is 0 Å². The molecule has 0 radical (unpaired) electrons. The van der Waals surface area contributed by atoms with Crippen LogP contribution in [0, 0.1) is 12.8 Å². The second-order valence-electron chi connectivity index (χ2n) is 3.55. The van der Waals surface area contributed by atoms with Gasteiger partial charge in [0.05, 0.1) is 0 Å². The van der Waals surface area contributed by atoms with Crippen molar-refractivity contribution in [1.82, 2.24) is 0 Å². The molecule has 1 fully saturated rings. The first-order valence-corrected chi connectivity index (χ1v) is 4.33. The molecule has 0 saturated heterocycles. The van der Waals surface area contributed by atoms with Crippen LogP contribution in [-0.2, 0) is 4.79 Å². The lowest BCUT2D eigenvalue weighted by Gasteiger charge is -1.97. The Kier molecular flexibility index (Phi) is 1.72. The molecule has 62 valence electrons. The zero-order valence-corrected chi connectivity index (χ0v) is 7.16. The topological polar surface area (TPSA) is 17.1 Å². The Morgan fingerprint density at radius 3 is 2.50 bits per heavy atom. The Morgan fingerprint density at radius 1 is 1.33 bits per heavy atom. The molecular weight excluding hydrogens is 148 g/mol. The van der Waals surface area contributed by atoms with Gasteiger partial charge in [-0.2, -0.15) is 0 Å². The third-order valence-corrected chi connectivity index (χ3v) is 2.52. The number of hydrogen-bond acceptors (Lipinski definition) is 1. The summed E-state index contributed by atoms with van der Waals surface area (Å²) in [6, 6.07) is 8.47. The molecule has 0 spiro atoms. The van der Waals surface area contributed by atoms with Gasteiger partial charge < -0.3 is 4.79 Å². The van der Waals surface area contributed by atoms with E-state index in [9.17, 15) is 4.79 Å². The van der Waals surface area contributed by atoms with Crippen LogP contribution in [0.1, 0.15) is 23.5 Å². The lowest BCUT2D eigenvalue weighted by molar-refractivity contribution is -0.108. The van der Waals surface area contributed by atoms with Crippen LogP contribution in [0.15, 0.2) is 24.3 Å². The first-order valence-electron chi connectivity index (χ1n) is 4.33. The van der Waals surface area contributed by atoms with E-state index >= 15 is 0 Å². The molecule has 1 saturated carbocycles. The minimum Gasteiger partial charge on any atom is -0.303 e. The van der Waals surface area contributed by atoms with E-state index in [1.165, 1.54) is 11.1 Å². The van der Waals surface area contributed by atoms with Gasteiger partial charge in [0.25, 0.3) is 0 Å². The third kappa shape index (κ3) is 1.27. The number of hydrogen-bond donors (Lipinski definition) is 0. The summed E-state index contributed by atoms with van der Waals surface area (Å²) in [7, 11) is 0. The molecule has 1 aromatic rings. The maximum Gasteiger partial charge on any atom is 0.123 e. The Balaban J connectivity index is 2.15. The molecular formula is C11H12O. The highest BCUT2D eigenvalue weighted by Gasteiger charge is 2.37. The van der Waals surface area contributed by atoms with Crippen molar-refractivity contribution in [2.24, 2.45) is 5.92 Å². The number of benzene rings is 1. The van der Waals surface area contributed by atoms with Crippen LogP contribution in [0.25, 0.3) is 0 Å². The number of aryl methyl sites for hydroxylation is 1. The SMILES string of the molecule is Cc1ccc([C@@H]2C[C@@H]2C=O)cc1. The van der Waals surface area contributed by atoms with Gasteiger partial charge in [-0.3, -0.25) is 0 Å². The summed E-state index contributed by atoms with van der Waals surface area (Å²) in [5.41, 5.74) is 2.60. The smallest absolute Gasteiger partial charge is 0.123 e. The summed E-state index contributed by atoms with van der Waals surface area (Å²) in [5, 5.41) is 0. The van der Waals surface area contributed by atoms with Crippen LogP contribution in [0.2, 0.25) is 0 Å². The molecule has 0 bridgehead atoms. The minimum atomic E-state index is 0.299. The van der Waals surface area contributed by atoms with Crippen molar-refractivity contribution in [2.75, 3.05) is 0 Å². The van der Waals surface area contributed by atoms with E-state index in [-0.39, 0.29) is 0 Å². The summed E-state index contributed by atoms with van der Waals surface area (Å²) in [6.07, 6.45) is 2.12. The van der Waals surface area contributed by atoms with E-state index in [1.54, 1.807) is 0 Å². The normalized spacial score (nSPS) is 26.8. The zero-order chi connectivity index (χ0) is 8.55. The van der Waals surface area contributed by atoms with E-state index in [1.807, 2.05) is 0 Å².